The molecule has 1 aromatic rings. The fraction of sp³-hybridized carbons (Fsp3) is 0.625. The molecule has 4 aliphatic carbocycles. The fourth-order valence-electron chi connectivity index (χ4n) is 8.36. The van der Waals surface area contributed by atoms with Crippen molar-refractivity contribution in [1.29, 1.82) is 0 Å². The highest BCUT2D eigenvalue weighted by molar-refractivity contribution is 6.32. The maximum atomic E-state index is 14.5. The topological polar surface area (TPSA) is 181 Å². The number of carbonyl (C=O) groups is 6. The number of nitrogens with zero attached hydrogens (tertiary/aromatic N) is 1. The highest BCUT2D eigenvalue weighted by atomic mass is 16.5. The number of rotatable bonds is 8. The van der Waals surface area contributed by atoms with E-state index in [9.17, 15) is 39.0 Å². The number of fused-ring (bicyclic) bond motifs is 3. The van der Waals surface area contributed by atoms with Gasteiger partial charge in [-0.05, 0) is 56.8 Å². The van der Waals surface area contributed by atoms with Crippen LogP contribution in [0.15, 0.2) is 18.2 Å². The van der Waals surface area contributed by atoms with Crippen LogP contribution in [0.25, 0.3) is 0 Å². The zero-order valence-electron chi connectivity index (χ0n) is 24.8. The number of esters is 1. The summed E-state index contributed by atoms with van der Waals surface area (Å²) in [6.45, 7) is 1.77. The normalized spacial score (nSPS) is 34.1. The second kappa shape index (κ2) is 11.6. The molecular weight excluding hydrogens is 556 g/mol. The maximum absolute atomic E-state index is 14.5. The molecule has 232 valence electrons. The number of amides is 1. The van der Waals surface area contributed by atoms with Crippen LogP contribution >= 0.6 is 0 Å². The van der Waals surface area contributed by atoms with Crippen molar-refractivity contribution in [2.45, 2.75) is 82.0 Å². The smallest absolute Gasteiger partial charge is 0.306 e. The van der Waals surface area contributed by atoms with Crippen LogP contribution in [0.2, 0.25) is 0 Å². The zero-order chi connectivity index (χ0) is 31.4. The van der Waals surface area contributed by atoms with E-state index in [1.807, 2.05) is 0 Å². The van der Waals surface area contributed by atoms with Crippen molar-refractivity contribution in [2.24, 2.45) is 35.3 Å². The summed E-state index contributed by atoms with van der Waals surface area (Å²) in [5.41, 5.74) is 2.87. The minimum absolute atomic E-state index is 0.0104. The van der Waals surface area contributed by atoms with Gasteiger partial charge in [-0.15, -0.1) is 0 Å². The molecule has 43 heavy (non-hydrogen) atoms. The molecule has 0 radical (unpaired) electrons. The Morgan fingerprint density at radius 3 is 2.35 bits per heavy atom. The Hall–Kier alpha value is -3.44. The first-order chi connectivity index (χ1) is 20.4. The molecule has 4 N–H and O–H groups in total. The summed E-state index contributed by atoms with van der Waals surface area (Å²) in [6.07, 6.45) is 4.57. The molecule has 0 aromatic heterocycles. The van der Waals surface area contributed by atoms with Crippen molar-refractivity contribution in [1.82, 2.24) is 4.90 Å². The van der Waals surface area contributed by atoms with E-state index < -0.39 is 82.3 Å². The van der Waals surface area contributed by atoms with Gasteiger partial charge in [0.2, 0.25) is 5.91 Å². The molecule has 0 bridgehead atoms. The molecule has 5 rings (SSSR count). The molecule has 2 unspecified atom stereocenters. The standard InChI is InChI=1S/C32H40N2O9/c1-4-8-19(36)43-28-21-17(14-13-15-9-5-6-10-15)16-11-7-12-18(35)20(16)26(37)22(21)29(39)32(42)24(28)25(34(2)3)27(38)23(30(32)40)31(33)41/h7,11-12,15,17,21-25,28,35,42H,4-6,8-10,13-14H2,1-3H3,(H2,33,41)/t17-,21+,22?,23?,24+,25-,28-,32-/m1/s1. The molecular formula is C32H40N2O9. The van der Waals surface area contributed by atoms with Gasteiger partial charge in [0.1, 0.15) is 11.9 Å². The summed E-state index contributed by atoms with van der Waals surface area (Å²) in [7, 11) is 2.99. The Kier molecular flexibility index (Phi) is 8.34. The van der Waals surface area contributed by atoms with Crippen LogP contribution < -0.4 is 5.73 Å². The second-order valence-electron chi connectivity index (χ2n) is 12.9. The Balaban J connectivity index is 1.74. The van der Waals surface area contributed by atoms with Crippen LogP contribution in [0.3, 0.4) is 0 Å². The fourth-order valence-corrected chi connectivity index (χ4v) is 8.36. The van der Waals surface area contributed by atoms with E-state index in [1.54, 1.807) is 19.1 Å². The monoisotopic (exact) mass is 596 g/mol. The van der Waals surface area contributed by atoms with Crippen molar-refractivity contribution in [2.75, 3.05) is 14.1 Å². The molecule has 3 fully saturated rings. The molecule has 0 saturated heterocycles. The largest absolute Gasteiger partial charge is 0.507 e. The molecule has 4 aliphatic rings. The first-order valence-corrected chi connectivity index (χ1v) is 15.2. The molecule has 11 heteroatoms. The molecule has 3 saturated carbocycles. The van der Waals surface area contributed by atoms with E-state index in [0.29, 0.717) is 24.3 Å². The average molecular weight is 597 g/mol. The van der Waals surface area contributed by atoms with Gasteiger partial charge in [0.05, 0.1) is 23.4 Å². The lowest BCUT2D eigenvalue weighted by molar-refractivity contribution is -0.206. The van der Waals surface area contributed by atoms with Gasteiger partial charge in [-0.2, -0.15) is 0 Å². The van der Waals surface area contributed by atoms with Gasteiger partial charge in [-0.3, -0.25) is 33.7 Å². The second-order valence-corrected chi connectivity index (χ2v) is 12.9. The highest BCUT2D eigenvalue weighted by Crippen LogP contribution is 2.56. The Morgan fingerprint density at radius 2 is 1.74 bits per heavy atom. The predicted octanol–water partition coefficient (Wildman–Crippen LogP) is 1.70. The number of benzene rings is 1. The van der Waals surface area contributed by atoms with Gasteiger partial charge in [0.25, 0.3) is 0 Å². The number of nitrogens with two attached hydrogens (primary N) is 1. The molecule has 0 spiro atoms. The number of ether oxygens (including phenoxy) is 1. The van der Waals surface area contributed by atoms with Crippen molar-refractivity contribution in [3.63, 3.8) is 0 Å². The van der Waals surface area contributed by atoms with Crippen molar-refractivity contribution < 1.29 is 43.7 Å². The van der Waals surface area contributed by atoms with Gasteiger partial charge in [-0.1, -0.05) is 44.7 Å². The number of Topliss-reactive ketones (excluding diaryl/α,β-unsaturated/α-hetero) is 4. The first-order valence-electron chi connectivity index (χ1n) is 15.2. The molecule has 0 heterocycles. The van der Waals surface area contributed by atoms with E-state index >= 15 is 0 Å². The molecule has 11 nitrogen and oxygen atoms in total. The lowest BCUT2D eigenvalue weighted by Gasteiger charge is -2.57. The van der Waals surface area contributed by atoms with Gasteiger partial charge in [-0.25, -0.2) is 0 Å². The minimum atomic E-state index is -3.02. The van der Waals surface area contributed by atoms with Gasteiger partial charge in [0, 0.05) is 12.3 Å². The average Bonchev–Trinajstić information content (AvgIpc) is 3.45. The minimum Gasteiger partial charge on any atom is -0.507 e. The summed E-state index contributed by atoms with van der Waals surface area (Å²) in [6, 6.07) is 3.25. The number of ketones is 4. The predicted molar refractivity (Wildman–Crippen MR) is 152 cm³/mol. The van der Waals surface area contributed by atoms with Crippen molar-refractivity contribution in [3.05, 3.63) is 29.3 Å². The number of phenols is 1. The van der Waals surface area contributed by atoms with E-state index in [0.717, 1.165) is 32.1 Å². The van der Waals surface area contributed by atoms with Crippen LogP contribution in [-0.4, -0.2) is 82.0 Å². The summed E-state index contributed by atoms with van der Waals surface area (Å²) >= 11 is 0. The number of likely N-dealkylation sites (N-methyl/N-ethyl adjacent to an activating group) is 1. The third kappa shape index (κ3) is 4.81. The van der Waals surface area contributed by atoms with Crippen LogP contribution in [0, 0.1) is 29.6 Å². The summed E-state index contributed by atoms with van der Waals surface area (Å²) < 4.78 is 6.04. The van der Waals surface area contributed by atoms with Crippen LogP contribution in [0.5, 0.6) is 5.75 Å². The lowest BCUT2D eigenvalue weighted by atomic mass is 9.48. The summed E-state index contributed by atoms with van der Waals surface area (Å²) in [5.74, 6) is -13.1. The van der Waals surface area contributed by atoms with Crippen LogP contribution in [0.1, 0.15) is 80.1 Å². The molecule has 8 atom stereocenters. The maximum Gasteiger partial charge on any atom is 0.306 e. The number of primary amides is 1. The van der Waals surface area contributed by atoms with Crippen molar-refractivity contribution in [3.8, 4) is 5.75 Å². The van der Waals surface area contributed by atoms with E-state index in [-0.39, 0.29) is 17.7 Å². The Morgan fingerprint density at radius 1 is 1.07 bits per heavy atom. The number of aromatic hydroxyl groups is 1. The Bertz CT molecular complexity index is 1370. The summed E-state index contributed by atoms with van der Waals surface area (Å²) in [5, 5.41) is 23.0. The third-order valence-corrected chi connectivity index (χ3v) is 10.2. The van der Waals surface area contributed by atoms with Crippen LogP contribution in [0.4, 0.5) is 0 Å². The van der Waals surface area contributed by atoms with Gasteiger partial charge < -0.3 is 20.7 Å². The Labute approximate surface area is 250 Å². The molecule has 1 amide bonds. The SMILES string of the molecule is CCCC(=O)O[C@@H]1[C@@H]2C(C(=O)c3c(O)cccc3[C@H]2CCC2CCCC2)C(=O)[C@@]2(O)C(=O)C(C(N)=O)C(=O)[C@H](N(C)C)[C@@H]12. The number of carbonyl (C=O) groups excluding carboxylic acids is 6. The molecule has 0 aliphatic heterocycles. The van der Waals surface area contributed by atoms with Gasteiger partial charge >= 0.3 is 5.97 Å². The number of phenolic OH excluding ortho intramolecular Hbond substituents is 1. The number of hydrogen-bond acceptors (Lipinski definition) is 10. The lowest BCUT2D eigenvalue weighted by Crippen LogP contribution is -2.78. The van der Waals surface area contributed by atoms with E-state index in [2.05, 4.69) is 0 Å². The van der Waals surface area contributed by atoms with Gasteiger partial charge in [0.15, 0.2) is 34.7 Å². The van der Waals surface area contributed by atoms with E-state index in [1.165, 1.54) is 25.1 Å². The van der Waals surface area contributed by atoms with Crippen molar-refractivity contribution >= 4 is 35.0 Å². The molecule has 1 aromatic carbocycles. The first kappa shape index (κ1) is 31.0. The van der Waals surface area contributed by atoms with Crippen LogP contribution in [-0.2, 0) is 28.7 Å². The number of aliphatic hydroxyl groups is 1. The van der Waals surface area contributed by atoms with E-state index in [4.69, 9.17) is 10.5 Å². The quantitative estimate of drug-likeness (QED) is 0.295. The zero-order valence-corrected chi connectivity index (χ0v) is 24.8. The highest BCUT2D eigenvalue weighted by Gasteiger charge is 2.74. The third-order valence-electron chi connectivity index (χ3n) is 10.2. The summed E-state index contributed by atoms with van der Waals surface area (Å²) in [4.78, 5) is 83.1. The number of hydrogen-bond donors (Lipinski definition) is 3.